The molecule has 0 unspecified atom stereocenters. The van der Waals surface area contributed by atoms with Gasteiger partial charge >= 0.3 is 17.9 Å². The third kappa shape index (κ3) is 8.85. The van der Waals surface area contributed by atoms with Crippen molar-refractivity contribution in [1.29, 1.82) is 0 Å². The molecule has 0 fully saturated rings. The van der Waals surface area contributed by atoms with E-state index in [1.54, 1.807) is 0 Å². The molecule has 1 aromatic rings. The number of ether oxygens (including phenoxy) is 3. The number of pyridine rings is 1. The molecule has 10 nitrogen and oxygen atoms in total. The summed E-state index contributed by atoms with van der Waals surface area (Å²) in [6.45, 7) is 6.46. The molecule has 10 heteroatoms. The molecule has 2 rings (SSSR count). The summed E-state index contributed by atoms with van der Waals surface area (Å²) in [5, 5.41) is 0. The van der Waals surface area contributed by atoms with Crippen molar-refractivity contribution in [3.05, 3.63) is 29.6 Å². The molecular weight excluding hydrogens is 392 g/mol. The van der Waals surface area contributed by atoms with Crippen LogP contribution >= 0.6 is 0 Å². The van der Waals surface area contributed by atoms with E-state index < -0.39 is 0 Å². The second-order valence-electron chi connectivity index (χ2n) is 7.11. The highest BCUT2D eigenvalue weighted by atomic mass is 16.5. The zero-order valence-corrected chi connectivity index (χ0v) is 17.8. The van der Waals surface area contributed by atoms with Gasteiger partial charge in [-0.1, -0.05) is 6.07 Å². The maximum Gasteiger partial charge on any atom is 0.319 e. The summed E-state index contributed by atoms with van der Waals surface area (Å²) in [7, 11) is 1.36. The minimum atomic E-state index is -0.358. The summed E-state index contributed by atoms with van der Waals surface area (Å²) in [6.07, 6.45) is 0. The molecule has 0 aliphatic carbocycles. The predicted octanol–water partition coefficient (Wildman–Crippen LogP) is 0.215. The highest BCUT2D eigenvalue weighted by molar-refractivity contribution is 5.71. The van der Waals surface area contributed by atoms with Crippen LogP contribution in [0.2, 0.25) is 0 Å². The Kier molecular flexibility index (Phi) is 9.65. The second kappa shape index (κ2) is 12.2. The average molecular weight is 422 g/mol. The Hall–Kier alpha value is -2.56. The van der Waals surface area contributed by atoms with E-state index in [0.717, 1.165) is 11.4 Å². The fourth-order valence-corrected chi connectivity index (χ4v) is 2.98. The molecule has 166 valence electrons. The van der Waals surface area contributed by atoms with E-state index in [1.807, 2.05) is 32.9 Å². The molecule has 1 aliphatic rings. The number of methoxy groups -OCH3 is 1. The van der Waals surface area contributed by atoms with Crippen LogP contribution in [0.4, 0.5) is 0 Å². The monoisotopic (exact) mass is 422 g/mol. The molecule has 0 amide bonds. The van der Waals surface area contributed by atoms with Crippen LogP contribution in [0.5, 0.6) is 0 Å². The summed E-state index contributed by atoms with van der Waals surface area (Å²) < 4.78 is 15.2. The Morgan fingerprint density at radius 3 is 1.93 bits per heavy atom. The summed E-state index contributed by atoms with van der Waals surface area (Å²) in [4.78, 5) is 45.0. The van der Waals surface area contributed by atoms with Crippen LogP contribution in [-0.2, 0) is 41.7 Å². The molecule has 1 aliphatic heterocycles. The summed E-state index contributed by atoms with van der Waals surface area (Å²) in [5.74, 6) is -1.03. The van der Waals surface area contributed by atoms with Crippen molar-refractivity contribution in [2.45, 2.75) is 26.9 Å². The van der Waals surface area contributed by atoms with Gasteiger partial charge in [-0.05, 0) is 12.1 Å². The summed E-state index contributed by atoms with van der Waals surface area (Å²) >= 11 is 0. The van der Waals surface area contributed by atoms with Crippen LogP contribution in [0.3, 0.4) is 0 Å². The Morgan fingerprint density at radius 2 is 1.37 bits per heavy atom. The third-order valence-electron chi connectivity index (χ3n) is 4.58. The van der Waals surface area contributed by atoms with Gasteiger partial charge in [0.15, 0.2) is 0 Å². The van der Waals surface area contributed by atoms with Gasteiger partial charge in [-0.15, -0.1) is 0 Å². The quantitative estimate of drug-likeness (QED) is 0.467. The van der Waals surface area contributed by atoms with E-state index >= 15 is 0 Å². The minimum Gasteiger partial charge on any atom is -0.468 e. The van der Waals surface area contributed by atoms with Crippen LogP contribution in [0.15, 0.2) is 18.2 Å². The zero-order chi connectivity index (χ0) is 21.9. The molecule has 0 aromatic carbocycles. The number of esters is 3. The Labute approximate surface area is 176 Å². The summed E-state index contributed by atoms with van der Waals surface area (Å²) in [5.41, 5.74) is 1.67. The first-order valence-corrected chi connectivity index (χ1v) is 9.81. The van der Waals surface area contributed by atoms with Gasteiger partial charge in [0.1, 0.15) is 13.5 Å². The fraction of sp³-hybridized carbons (Fsp3) is 0.600. The summed E-state index contributed by atoms with van der Waals surface area (Å²) in [6, 6.07) is 5.75. The van der Waals surface area contributed by atoms with Gasteiger partial charge in [-0.3, -0.25) is 34.1 Å². The van der Waals surface area contributed by atoms with Crippen LogP contribution in [0.25, 0.3) is 0 Å². The van der Waals surface area contributed by atoms with E-state index in [4.69, 9.17) is 14.2 Å². The largest absolute Gasteiger partial charge is 0.468 e. The first kappa shape index (κ1) is 23.7. The topological polar surface area (TPSA) is 102 Å². The zero-order valence-electron chi connectivity index (χ0n) is 17.8. The number of rotatable bonds is 6. The van der Waals surface area contributed by atoms with Crippen molar-refractivity contribution in [3.8, 4) is 0 Å². The van der Waals surface area contributed by atoms with Crippen LogP contribution in [0.1, 0.15) is 25.2 Å². The van der Waals surface area contributed by atoms with Gasteiger partial charge in [0.05, 0.1) is 25.0 Å². The van der Waals surface area contributed by atoms with E-state index in [-0.39, 0.29) is 37.9 Å². The van der Waals surface area contributed by atoms with Crippen molar-refractivity contribution in [2.75, 3.05) is 53.3 Å². The molecular formula is C20H30N4O6. The van der Waals surface area contributed by atoms with Crippen LogP contribution in [0, 0.1) is 0 Å². The van der Waals surface area contributed by atoms with Gasteiger partial charge in [0.25, 0.3) is 0 Å². The van der Waals surface area contributed by atoms with Gasteiger partial charge in [0.2, 0.25) is 0 Å². The number of carbonyl (C=O) groups is 3. The molecule has 0 saturated carbocycles. The van der Waals surface area contributed by atoms with Crippen molar-refractivity contribution in [2.24, 2.45) is 0 Å². The molecule has 2 heterocycles. The van der Waals surface area contributed by atoms with Crippen molar-refractivity contribution in [3.63, 3.8) is 0 Å². The molecule has 2 bridgehead atoms. The average Bonchev–Trinajstić information content (AvgIpc) is 2.70. The highest BCUT2D eigenvalue weighted by Gasteiger charge is 2.18. The Balaban J connectivity index is 2.20. The first-order valence-electron chi connectivity index (χ1n) is 9.81. The lowest BCUT2D eigenvalue weighted by molar-refractivity contribution is -0.148. The SMILES string of the molecule is COC(=O)CN1CCN(COC(C)=O)CCN(COC(C)=O)Cc2cccc(n2)C1. The lowest BCUT2D eigenvalue weighted by Crippen LogP contribution is -2.43. The van der Waals surface area contributed by atoms with E-state index in [9.17, 15) is 14.4 Å². The molecule has 0 atom stereocenters. The highest BCUT2D eigenvalue weighted by Crippen LogP contribution is 2.09. The van der Waals surface area contributed by atoms with Crippen molar-refractivity contribution >= 4 is 17.9 Å². The molecule has 0 N–H and O–H groups in total. The molecule has 0 saturated heterocycles. The molecule has 0 spiro atoms. The Morgan fingerprint density at radius 1 is 0.867 bits per heavy atom. The lowest BCUT2D eigenvalue weighted by atomic mass is 10.2. The number of fused-ring (bicyclic) bond motifs is 2. The van der Waals surface area contributed by atoms with Crippen LogP contribution < -0.4 is 0 Å². The number of aromatic nitrogens is 1. The fourth-order valence-electron chi connectivity index (χ4n) is 2.98. The first-order chi connectivity index (χ1) is 14.4. The number of nitrogens with zero attached hydrogens (tertiary/aromatic N) is 4. The molecule has 30 heavy (non-hydrogen) atoms. The maximum atomic E-state index is 11.8. The van der Waals surface area contributed by atoms with E-state index in [1.165, 1.54) is 21.0 Å². The number of carbonyl (C=O) groups excluding carboxylic acids is 3. The third-order valence-corrected chi connectivity index (χ3v) is 4.58. The van der Waals surface area contributed by atoms with Gasteiger partial charge in [-0.25, -0.2) is 0 Å². The minimum absolute atomic E-state index is 0.141. The van der Waals surface area contributed by atoms with Gasteiger partial charge in [-0.2, -0.15) is 0 Å². The number of hydrogen-bond acceptors (Lipinski definition) is 10. The Bertz CT molecular complexity index is 729. The molecule has 0 radical (unpaired) electrons. The smallest absolute Gasteiger partial charge is 0.319 e. The van der Waals surface area contributed by atoms with Gasteiger partial charge < -0.3 is 14.2 Å². The van der Waals surface area contributed by atoms with Crippen molar-refractivity contribution in [1.82, 2.24) is 19.7 Å². The predicted molar refractivity (Wildman–Crippen MR) is 107 cm³/mol. The van der Waals surface area contributed by atoms with E-state index in [2.05, 4.69) is 4.98 Å². The van der Waals surface area contributed by atoms with E-state index in [0.29, 0.717) is 39.3 Å². The maximum absolute atomic E-state index is 11.8. The normalized spacial score (nSPS) is 16.8. The van der Waals surface area contributed by atoms with Gasteiger partial charge in [0, 0.05) is 53.1 Å². The lowest BCUT2D eigenvalue weighted by Gasteiger charge is -2.30. The standard InChI is InChI=1S/C20H30N4O6/c1-16(25)29-14-22-7-9-23(13-20(27)28-3)11-18-5-4-6-19(21-18)12-24(10-8-22)15-30-17(2)26/h4-6H,7-15H2,1-3H3. The van der Waals surface area contributed by atoms with Crippen molar-refractivity contribution < 1.29 is 28.6 Å². The van der Waals surface area contributed by atoms with Crippen LogP contribution in [-0.4, -0.2) is 90.9 Å². The number of hydrogen-bond donors (Lipinski definition) is 0. The molecule has 1 aromatic heterocycles. The second-order valence-corrected chi connectivity index (χ2v) is 7.11.